The number of allylic oxidation sites excluding steroid dienone is 2. The van der Waals surface area contributed by atoms with Crippen molar-refractivity contribution in [2.75, 3.05) is 13.1 Å². The predicted octanol–water partition coefficient (Wildman–Crippen LogP) is 5.82. The number of rotatable bonds is 1. The molecule has 1 saturated heterocycles. The fourth-order valence-corrected chi connectivity index (χ4v) is 4.37. The highest BCUT2D eigenvalue weighted by Crippen LogP contribution is 2.30. The SMILES string of the molecule is CC1CCN(C(=O)OC(C)(C)C)CC1.O=C(O)C1=Cc2cc(Cl)ccc2CC2NC=CCC=C12. The quantitative estimate of drug-likeness (QED) is 0.523. The predicted molar refractivity (Wildman–Crippen MR) is 136 cm³/mol. The van der Waals surface area contributed by atoms with Gasteiger partial charge in [0.15, 0.2) is 0 Å². The first-order chi connectivity index (χ1) is 16.0. The number of carbonyl (C=O) groups is 2. The number of hydrogen-bond donors (Lipinski definition) is 2. The Balaban J connectivity index is 0.000000204. The number of ether oxygens (including phenoxy) is 1. The van der Waals surface area contributed by atoms with Crippen LogP contribution >= 0.6 is 11.6 Å². The molecule has 1 aromatic rings. The fourth-order valence-electron chi connectivity index (χ4n) is 4.19. The molecule has 6 nitrogen and oxygen atoms in total. The van der Waals surface area contributed by atoms with Crippen LogP contribution in [0.5, 0.6) is 0 Å². The maximum atomic E-state index is 11.6. The summed E-state index contributed by atoms with van der Waals surface area (Å²) in [7, 11) is 0. The summed E-state index contributed by atoms with van der Waals surface area (Å²) in [5.41, 5.74) is 2.79. The van der Waals surface area contributed by atoms with Gasteiger partial charge in [0.25, 0.3) is 0 Å². The zero-order valence-electron chi connectivity index (χ0n) is 20.4. The van der Waals surface area contributed by atoms with E-state index < -0.39 is 5.97 Å². The number of hydrogen-bond acceptors (Lipinski definition) is 4. The van der Waals surface area contributed by atoms with Gasteiger partial charge >= 0.3 is 12.1 Å². The van der Waals surface area contributed by atoms with Crippen LogP contribution in [0.15, 0.2) is 47.7 Å². The van der Waals surface area contributed by atoms with E-state index in [0.29, 0.717) is 10.6 Å². The summed E-state index contributed by atoms with van der Waals surface area (Å²) in [6.45, 7) is 9.62. The van der Waals surface area contributed by atoms with Crippen LogP contribution in [0.2, 0.25) is 5.02 Å². The molecular formula is C27H35ClN2O4. The van der Waals surface area contributed by atoms with Crippen molar-refractivity contribution < 1.29 is 19.4 Å². The lowest BCUT2D eigenvalue weighted by atomic mass is 9.96. The molecule has 2 aliphatic heterocycles. The Hall–Kier alpha value is -2.73. The van der Waals surface area contributed by atoms with E-state index in [4.69, 9.17) is 16.3 Å². The number of carbonyl (C=O) groups excluding carboxylic acids is 1. The van der Waals surface area contributed by atoms with Crippen LogP contribution in [0.3, 0.4) is 0 Å². The molecule has 0 radical (unpaired) electrons. The summed E-state index contributed by atoms with van der Waals surface area (Å²) in [6.07, 6.45) is 11.1. The van der Waals surface area contributed by atoms with Gasteiger partial charge in [0.05, 0.1) is 11.6 Å². The van der Waals surface area contributed by atoms with Crippen LogP contribution in [0.1, 0.15) is 58.1 Å². The van der Waals surface area contributed by atoms with Gasteiger partial charge < -0.3 is 20.1 Å². The second-order valence-electron chi connectivity index (χ2n) is 10.1. The molecular weight excluding hydrogens is 452 g/mol. The second-order valence-corrected chi connectivity index (χ2v) is 10.5. The molecule has 3 aliphatic rings. The molecule has 2 heterocycles. The summed E-state index contributed by atoms with van der Waals surface area (Å²) in [6, 6.07) is 5.61. The first-order valence-corrected chi connectivity index (χ1v) is 12.2. The number of carboxylic acid groups (broad SMARTS) is 1. The van der Waals surface area contributed by atoms with Crippen LogP contribution in [-0.4, -0.2) is 46.8 Å². The third-order valence-corrected chi connectivity index (χ3v) is 6.31. The van der Waals surface area contributed by atoms with Crippen LogP contribution in [0, 0.1) is 5.92 Å². The fraction of sp³-hybridized carbons (Fsp3) is 0.481. The lowest BCUT2D eigenvalue weighted by Gasteiger charge is -2.32. The van der Waals surface area contributed by atoms with Gasteiger partial charge in [-0.25, -0.2) is 9.59 Å². The molecule has 34 heavy (non-hydrogen) atoms. The van der Waals surface area contributed by atoms with Crippen molar-refractivity contribution in [2.45, 2.75) is 65.0 Å². The van der Waals surface area contributed by atoms with E-state index in [0.717, 1.165) is 61.4 Å². The second kappa shape index (κ2) is 11.1. The van der Waals surface area contributed by atoms with Crippen molar-refractivity contribution in [3.8, 4) is 0 Å². The summed E-state index contributed by atoms with van der Waals surface area (Å²) in [5.74, 6) is -0.161. The first-order valence-electron chi connectivity index (χ1n) is 11.9. The van der Waals surface area contributed by atoms with E-state index in [1.54, 1.807) is 6.08 Å². The molecule has 1 aromatic carbocycles. The normalized spacial score (nSPS) is 20.1. The van der Waals surface area contributed by atoms with E-state index >= 15 is 0 Å². The van der Waals surface area contributed by atoms with Crippen molar-refractivity contribution in [2.24, 2.45) is 5.92 Å². The molecule has 4 rings (SSSR count). The van der Waals surface area contributed by atoms with E-state index in [-0.39, 0.29) is 17.7 Å². The Labute approximate surface area is 207 Å². The number of amides is 1. The van der Waals surface area contributed by atoms with Gasteiger partial charge in [-0.1, -0.05) is 36.7 Å². The van der Waals surface area contributed by atoms with Gasteiger partial charge in [-0.05, 0) is 93.5 Å². The molecule has 1 fully saturated rings. The number of carboxylic acids is 1. The van der Waals surface area contributed by atoms with Gasteiger partial charge in [-0.15, -0.1) is 0 Å². The molecule has 1 unspecified atom stereocenters. The smallest absolute Gasteiger partial charge is 0.410 e. The molecule has 0 bridgehead atoms. The van der Waals surface area contributed by atoms with Crippen molar-refractivity contribution >= 4 is 29.7 Å². The third-order valence-electron chi connectivity index (χ3n) is 6.07. The Morgan fingerprint density at radius 2 is 1.91 bits per heavy atom. The highest BCUT2D eigenvalue weighted by atomic mass is 35.5. The third kappa shape index (κ3) is 7.13. The van der Waals surface area contributed by atoms with Gasteiger partial charge in [-0.3, -0.25) is 0 Å². The van der Waals surface area contributed by atoms with Crippen LogP contribution in [0.4, 0.5) is 4.79 Å². The van der Waals surface area contributed by atoms with E-state index in [2.05, 4.69) is 12.2 Å². The number of benzene rings is 1. The molecule has 1 amide bonds. The van der Waals surface area contributed by atoms with Gasteiger partial charge in [0, 0.05) is 18.1 Å². The van der Waals surface area contributed by atoms with Crippen molar-refractivity contribution in [3.05, 3.63) is 63.8 Å². The number of halogens is 1. The molecule has 0 aromatic heterocycles. The lowest BCUT2D eigenvalue weighted by molar-refractivity contribution is -0.132. The van der Waals surface area contributed by atoms with Crippen molar-refractivity contribution in [1.29, 1.82) is 0 Å². The number of aliphatic carboxylic acids is 1. The summed E-state index contributed by atoms with van der Waals surface area (Å²) < 4.78 is 5.30. The number of nitrogens with zero attached hydrogens (tertiary/aromatic N) is 1. The Morgan fingerprint density at radius 1 is 1.21 bits per heavy atom. The highest BCUT2D eigenvalue weighted by molar-refractivity contribution is 6.30. The minimum Gasteiger partial charge on any atom is -0.478 e. The topological polar surface area (TPSA) is 78.9 Å². The monoisotopic (exact) mass is 486 g/mol. The molecule has 1 aliphatic carbocycles. The van der Waals surface area contributed by atoms with Crippen molar-refractivity contribution in [3.63, 3.8) is 0 Å². The first kappa shape index (κ1) is 25.9. The van der Waals surface area contributed by atoms with Crippen LogP contribution < -0.4 is 5.32 Å². The standard InChI is InChI=1S/C16H14ClNO2.C11H21NO2/c17-12-5-4-10-9-15-13(3-1-2-6-18-15)14(16(19)20)8-11(10)7-12;1-9-5-7-12(8-6-9)10(13)14-11(2,3)4/h2-8,15,18H,1,9H2,(H,19,20);9H,5-8H2,1-4H3. The molecule has 1 atom stereocenters. The van der Waals surface area contributed by atoms with Gasteiger partial charge in [-0.2, -0.15) is 0 Å². The number of likely N-dealkylation sites (tertiary alicyclic amines) is 1. The van der Waals surface area contributed by atoms with Crippen LogP contribution in [0.25, 0.3) is 6.08 Å². The minimum absolute atomic E-state index is 0.0153. The minimum atomic E-state index is -0.905. The maximum absolute atomic E-state index is 11.6. The van der Waals surface area contributed by atoms with Gasteiger partial charge in [0.2, 0.25) is 0 Å². The Bertz CT molecular complexity index is 998. The molecule has 7 heteroatoms. The maximum Gasteiger partial charge on any atom is 0.410 e. The molecule has 184 valence electrons. The van der Waals surface area contributed by atoms with E-state index in [1.165, 1.54) is 0 Å². The number of fused-ring (bicyclic) bond motifs is 2. The largest absolute Gasteiger partial charge is 0.478 e. The number of nitrogens with one attached hydrogen (secondary N) is 1. The molecule has 0 spiro atoms. The zero-order chi connectivity index (χ0) is 24.9. The Morgan fingerprint density at radius 3 is 2.56 bits per heavy atom. The number of piperidine rings is 1. The average molecular weight is 487 g/mol. The van der Waals surface area contributed by atoms with E-state index in [1.807, 2.05) is 62.2 Å². The lowest BCUT2D eigenvalue weighted by Crippen LogP contribution is -2.41. The van der Waals surface area contributed by atoms with Gasteiger partial charge in [0.1, 0.15) is 5.60 Å². The zero-order valence-corrected chi connectivity index (χ0v) is 21.2. The highest BCUT2D eigenvalue weighted by Gasteiger charge is 2.27. The molecule has 0 saturated carbocycles. The Kier molecular flexibility index (Phi) is 8.47. The van der Waals surface area contributed by atoms with Crippen molar-refractivity contribution in [1.82, 2.24) is 10.2 Å². The van der Waals surface area contributed by atoms with Crippen LogP contribution in [-0.2, 0) is 16.0 Å². The summed E-state index contributed by atoms with van der Waals surface area (Å²) in [4.78, 5) is 25.0. The molecule has 2 N–H and O–H groups in total. The summed E-state index contributed by atoms with van der Waals surface area (Å²) >= 11 is 6.02. The van der Waals surface area contributed by atoms with E-state index in [9.17, 15) is 14.7 Å². The summed E-state index contributed by atoms with van der Waals surface area (Å²) in [5, 5.41) is 13.4. The average Bonchev–Trinajstić information content (AvgIpc) is 3.06.